The molecule has 3 atom stereocenters. The first-order chi connectivity index (χ1) is 12.2. The van der Waals surface area contributed by atoms with Crippen molar-refractivity contribution >= 4 is 0 Å². The molecule has 0 amide bonds. The first-order valence-electron chi connectivity index (χ1n) is 11.8. The lowest BCUT2D eigenvalue weighted by Gasteiger charge is -2.41. The molecular weight excluding hydrogens is 307 g/mol. The van der Waals surface area contributed by atoms with Crippen LogP contribution in [-0.4, -0.2) is 6.17 Å². The van der Waals surface area contributed by atoms with Gasteiger partial charge in [0.15, 0.2) is 0 Å². The summed E-state index contributed by atoms with van der Waals surface area (Å²) >= 11 is 0. The van der Waals surface area contributed by atoms with Gasteiger partial charge in [0.1, 0.15) is 6.17 Å². The Balaban J connectivity index is 1.36. The highest BCUT2D eigenvalue weighted by Gasteiger charge is 2.36. The van der Waals surface area contributed by atoms with Crippen molar-refractivity contribution in [2.24, 2.45) is 35.5 Å². The summed E-state index contributed by atoms with van der Waals surface area (Å²) in [5.74, 6) is 4.97. The maximum atomic E-state index is 14.1. The zero-order valence-corrected chi connectivity index (χ0v) is 17.0. The number of alkyl halides is 1. The summed E-state index contributed by atoms with van der Waals surface area (Å²) in [7, 11) is 0. The molecule has 3 unspecified atom stereocenters. The van der Waals surface area contributed by atoms with Crippen molar-refractivity contribution in [1.82, 2.24) is 0 Å². The zero-order valence-electron chi connectivity index (χ0n) is 17.0. The van der Waals surface area contributed by atoms with Gasteiger partial charge in [-0.15, -0.1) is 0 Å². The molecule has 0 aliphatic heterocycles. The molecule has 0 aromatic rings. The fraction of sp³-hybridized carbons (Fsp3) is 1.00. The van der Waals surface area contributed by atoms with E-state index < -0.39 is 6.17 Å². The molecule has 1 heteroatoms. The summed E-state index contributed by atoms with van der Waals surface area (Å²) in [6, 6.07) is 0. The molecule has 0 nitrogen and oxygen atoms in total. The van der Waals surface area contributed by atoms with Crippen molar-refractivity contribution in [2.45, 2.75) is 116 Å². The summed E-state index contributed by atoms with van der Waals surface area (Å²) in [5.41, 5.74) is 0. The van der Waals surface area contributed by atoms with Crippen LogP contribution in [0.15, 0.2) is 0 Å². The first-order valence-corrected chi connectivity index (χ1v) is 11.8. The Morgan fingerprint density at radius 2 is 1.20 bits per heavy atom. The van der Waals surface area contributed by atoms with Crippen LogP contribution < -0.4 is 0 Å². The van der Waals surface area contributed by atoms with E-state index in [1.165, 1.54) is 83.5 Å². The third kappa shape index (κ3) is 5.46. The summed E-state index contributed by atoms with van der Waals surface area (Å²) in [5, 5.41) is 0. The molecule has 0 radical (unpaired) electrons. The smallest absolute Gasteiger partial charge is 0.103 e. The van der Waals surface area contributed by atoms with Gasteiger partial charge in [0.05, 0.1) is 0 Å². The van der Waals surface area contributed by atoms with Crippen LogP contribution in [0.1, 0.15) is 110 Å². The second-order valence-electron chi connectivity index (χ2n) is 10.0. The quantitative estimate of drug-likeness (QED) is 0.426. The van der Waals surface area contributed by atoms with Gasteiger partial charge in [-0.3, -0.25) is 0 Å². The highest BCUT2D eigenvalue weighted by atomic mass is 19.1. The van der Waals surface area contributed by atoms with Crippen LogP contribution in [0, 0.1) is 35.5 Å². The lowest BCUT2D eigenvalue weighted by Crippen LogP contribution is -2.32. The third-order valence-electron chi connectivity index (χ3n) is 8.40. The summed E-state index contributed by atoms with van der Waals surface area (Å²) < 4.78 is 14.1. The van der Waals surface area contributed by atoms with E-state index in [1.807, 2.05) is 0 Å². The third-order valence-corrected chi connectivity index (χ3v) is 8.40. The molecule has 0 bridgehead atoms. The summed E-state index contributed by atoms with van der Waals surface area (Å²) in [4.78, 5) is 0. The Kier molecular flexibility index (Phi) is 7.67. The first kappa shape index (κ1) is 19.7. The standard InChI is InChI=1S/C24H43F/c1-3-4-5-6-19-8-11-20(12-9-19)21-13-15-22(16-14-21)23-10-7-18(2)24(25)17-23/h18-24H,3-17H2,1-2H3. The molecule has 0 aromatic heterocycles. The van der Waals surface area contributed by atoms with Crippen LogP contribution in [0.2, 0.25) is 0 Å². The number of rotatable bonds is 6. The van der Waals surface area contributed by atoms with Gasteiger partial charge in [-0.2, -0.15) is 0 Å². The molecule has 3 rings (SSSR count). The van der Waals surface area contributed by atoms with Crippen LogP contribution in [-0.2, 0) is 0 Å². The second-order valence-corrected chi connectivity index (χ2v) is 10.0. The van der Waals surface area contributed by atoms with E-state index in [4.69, 9.17) is 0 Å². The SMILES string of the molecule is CCCCCC1CCC(C2CCC(C3CCC(C)C(F)C3)CC2)CC1. The van der Waals surface area contributed by atoms with Crippen LogP contribution in [0.3, 0.4) is 0 Å². The molecule has 3 aliphatic carbocycles. The van der Waals surface area contributed by atoms with Crippen molar-refractivity contribution < 1.29 is 4.39 Å². The van der Waals surface area contributed by atoms with E-state index in [9.17, 15) is 4.39 Å². The predicted molar refractivity (Wildman–Crippen MR) is 106 cm³/mol. The number of hydrogen-bond donors (Lipinski definition) is 0. The molecule has 25 heavy (non-hydrogen) atoms. The minimum absolute atomic E-state index is 0.320. The Morgan fingerprint density at radius 1 is 0.680 bits per heavy atom. The molecular formula is C24H43F. The normalized spacial score (nSPS) is 43.1. The lowest BCUT2D eigenvalue weighted by molar-refractivity contribution is 0.0690. The van der Waals surface area contributed by atoms with Gasteiger partial charge in [-0.05, 0) is 93.3 Å². The molecule has 3 fully saturated rings. The van der Waals surface area contributed by atoms with Gasteiger partial charge in [-0.1, -0.05) is 52.4 Å². The number of hydrogen-bond acceptors (Lipinski definition) is 0. The van der Waals surface area contributed by atoms with E-state index in [0.29, 0.717) is 11.8 Å². The minimum Gasteiger partial charge on any atom is -0.247 e. The number of unbranched alkanes of at least 4 members (excludes halogenated alkanes) is 2. The van der Waals surface area contributed by atoms with Gasteiger partial charge in [-0.25, -0.2) is 4.39 Å². The fourth-order valence-corrected chi connectivity index (χ4v) is 6.44. The predicted octanol–water partition coefficient (Wildman–Crippen LogP) is 7.95. The van der Waals surface area contributed by atoms with Gasteiger partial charge in [0.2, 0.25) is 0 Å². The van der Waals surface area contributed by atoms with Crippen molar-refractivity contribution in [3.8, 4) is 0 Å². The summed E-state index contributed by atoms with van der Waals surface area (Å²) in [6.45, 7) is 4.42. The molecule has 0 N–H and O–H groups in total. The highest BCUT2D eigenvalue weighted by molar-refractivity contribution is 4.87. The Morgan fingerprint density at radius 3 is 1.76 bits per heavy atom. The topological polar surface area (TPSA) is 0 Å². The molecule has 3 aliphatic rings. The van der Waals surface area contributed by atoms with Crippen molar-refractivity contribution in [1.29, 1.82) is 0 Å². The zero-order chi connectivity index (χ0) is 17.6. The molecule has 3 saturated carbocycles. The monoisotopic (exact) mass is 350 g/mol. The lowest BCUT2D eigenvalue weighted by atomic mass is 9.64. The van der Waals surface area contributed by atoms with Gasteiger partial charge in [0.25, 0.3) is 0 Å². The summed E-state index contributed by atoms with van der Waals surface area (Å²) in [6.07, 6.45) is 20.3. The molecule has 146 valence electrons. The van der Waals surface area contributed by atoms with Gasteiger partial charge >= 0.3 is 0 Å². The van der Waals surface area contributed by atoms with Crippen molar-refractivity contribution in [3.05, 3.63) is 0 Å². The highest BCUT2D eigenvalue weighted by Crippen LogP contribution is 2.46. The van der Waals surface area contributed by atoms with Crippen LogP contribution in [0.5, 0.6) is 0 Å². The molecule has 0 spiro atoms. The van der Waals surface area contributed by atoms with Crippen molar-refractivity contribution in [3.63, 3.8) is 0 Å². The van der Waals surface area contributed by atoms with E-state index in [0.717, 1.165) is 36.5 Å². The van der Waals surface area contributed by atoms with E-state index >= 15 is 0 Å². The van der Waals surface area contributed by atoms with Crippen LogP contribution in [0.4, 0.5) is 4.39 Å². The van der Waals surface area contributed by atoms with Crippen molar-refractivity contribution in [2.75, 3.05) is 0 Å². The van der Waals surface area contributed by atoms with E-state index in [1.54, 1.807) is 0 Å². The Labute approximate surface area is 156 Å². The minimum atomic E-state index is -0.514. The van der Waals surface area contributed by atoms with Crippen LogP contribution in [0.25, 0.3) is 0 Å². The largest absolute Gasteiger partial charge is 0.247 e. The second kappa shape index (κ2) is 9.75. The average Bonchev–Trinajstić information content (AvgIpc) is 2.65. The Bertz CT molecular complexity index is 362. The maximum absolute atomic E-state index is 14.1. The fourth-order valence-electron chi connectivity index (χ4n) is 6.44. The van der Waals surface area contributed by atoms with Gasteiger partial charge in [0, 0.05) is 0 Å². The average molecular weight is 351 g/mol. The van der Waals surface area contributed by atoms with Crippen LogP contribution >= 0.6 is 0 Å². The van der Waals surface area contributed by atoms with E-state index in [-0.39, 0.29) is 0 Å². The molecule has 0 aromatic carbocycles. The number of halogens is 1. The van der Waals surface area contributed by atoms with E-state index in [2.05, 4.69) is 13.8 Å². The molecule has 0 heterocycles. The van der Waals surface area contributed by atoms with Gasteiger partial charge < -0.3 is 0 Å². The Hall–Kier alpha value is -0.0700. The maximum Gasteiger partial charge on any atom is 0.103 e. The molecule has 0 saturated heterocycles.